The molecule has 0 aliphatic heterocycles. The Bertz CT molecular complexity index is 155. The van der Waals surface area contributed by atoms with E-state index in [2.05, 4.69) is 26.1 Å². The Morgan fingerprint density at radius 1 is 1.20 bits per heavy atom. The van der Waals surface area contributed by atoms with Crippen molar-refractivity contribution < 1.29 is 0 Å². The van der Waals surface area contributed by atoms with Gasteiger partial charge in [0, 0.05) is 6.04 Å². The van der Waals surface area contributed by atoms with Crippen molar-refractivity contribution >= 4 is 0 Å². The first kappa shape index (κ1) is 13.0. The summed E-state index contributed by atoms with van der Waals surface area (Å²) >= 11 is 0. The van der Waals surface area contributed by atoms with Crippen molar-refractivity contribution in [3.05, 3.63) is 0 Å². The molecular weight excluding hydrogens is 182 g/mol. The van der Waals surface area contributed by atoms with Gasteiger partial charge in [-0.1, -0.05) is 46.5 Å². The first-order chi connectivity index (χ1) is 7.31. The van der Waals surface area contributed by atoms with Crippen molar-refractivity contribution in [2.75, 3.05) is 6.54 Å². The van der Waals surface area contributed by atoms with Crippen LogP contribution in [-0.4, -0.2) is 12.6 Å². The van der Waals surface area contributed by atoms with Gasteiger partial charge >= 0.3 is 0 Å². The maximum atomic E-state index is 3.75. The highest BCUT2D eigenvalue weighted by Gasteiger charge is 2.35. The fourth-order valence-electron chi connectivity index (χ4n) is 2.45. The van der Waals surface area contributed by atoms with Crippen LogP contribution < -0.4 is 5.32 Å². The minimum Gasteiger partial charge on any atom is -0.313 e. The second kappa shape index (κ2) is 7.27. The standard InChI is InChI=1S/C14H29N/c1-4-7-9-12(6-3)11-15-14-10-13(14)8-5-2/h12-15H,4-11H2,1-3H3. The molecule has 0 radical (unpaired) electrons. The van der Waals surface area contributed by atoms with Crippen LogP contribution in [0.1, 0.15) is 65.7 Å². The maximum absolute atomic E-state index is 3.75. The summed E-state index contributed by atoms with van der Waals surface area (Å²) in [5, 5.41) is 3.75. The molecule has 0 bridgehead atoms. The molecule has 15 heavy (non-hydrogen) atoms. The highest BCUT2D eigenvalue weighted by Crippen LogP contribution is 2.34. The Morgan fingerprint density at radius 2 is 2.00 bits per heavy atom. The molecule has 0 heterocycles. The first-order valence-electron chi connectivity index (χ1n) is 7.05. The van der Waals surface area contributed by atoms with Crippen LogP contribution in [0.2, 0.25) is 0 Å². The third-order valence-corrected chi connectivity index (χ3v) is 3.79. The lowest BCUT2D eigenvalue weighted by Crippen LogP contribution is -2.25. The molecule has 3 atom stereocenters. The van der Waals surface area contributed by atoms with Crippen molar-refractivity contribution in [3.8, 4) is 0 Å². The van der Waals surface area contributed by atoms with Gasteiger partial charge in [0.1, 0.15) is 0 Å². The van der Waals surface area contributed by atoms with Crippen LogP contribution in [0.4, 0.5) is 0 Å². The fourth-order valence-corrected chi connectivity index (χ4v) is 2.45. The van der Waals surface area contributed by atoms with Crippen LogP contribution in [0.15, 0.2) is 0 Å². The molecule has 3 unspecified atom stereocenters. The first-order valence-corrected chi connectivity index (χ1v) is 7.05. The molecule has 90 valence electrons. The number of hydrogen-bond donors (Lipinski definition) is 1. The van der Waals surface area contributed by atoms with Gasteiger partial charge in [-0.05, 0) is 37.6 Å². The van der Waals surface area contributed by atoms with Gasteiger partial charge in [-0.3, -0.25) is 0 Å². The van der Waals surface area contributed by atoms with Gasteiger partial charge in [0.05, 0.1) is 0 Å². The normalized spacial score (nSPS) is 26.6. The van der Waals surface area contributed by atoms with E-state index >= 15 is 0 Å². The number of hydrogen-bond acceptors (Lipinski definition) is 1. The Labute approximate surface area is 96.0 Å². The highest BCUT2D eigenvalue weighted by atomic mass is 15.0. The summed E-state index contributed by atoms with van der Waals surface area (Å²) < 4.78 is 0. The zero-order chi connectivity index (χ0) is 11.1. The van der Waals surface area contributed by atoms with Crippen LogP contribution in [0.5, 0.6) is 0 Å². The summed E-state index contributed by atoms with van der Waals surface area (Å²) in [7, 11) is 0. The summed E-state index contributed by atoms with van der Waals surface area (Å²) in [6.45, 7) is 8.18. The van der Waals surface area contributed by atoms with E-state index in [0.29, 0.717) is 0 Å². The molecule has 0 aromatic rings. The summed E-state index contributed by atoms with van der Waals surface area (Å²) in [4.78, 5) is 0. The average molecular weight is 211 g/mol. The predicted octanol–water partition coefficient (Wildman–Crippen LogP) is 3.98. The van der Waals surface area contributed by atoms with Gasteiger partial charge in [0.15, 0.2) is 0 Å². The van der Waals surface area contributed by atoms with Crippen molar-refractivity contribution in [2.24, 2.45) is 11.8 Å². The second-order valence-electron chi connectivity index (χ2n) is 5.22. The largest absolute Gasteiger partial charge is 0.313 e. The fraction of sp³-hybridized carbons (Fsp3) is 1.00. The third kappa shape index (κ3) is 5.01. The molecule has 1 saturated carbocycles. The second-order valence-corrected chi connectivity index (χ2v) is 5.22. The molecule has 1 fully saturated rings. The third-order valence-electron chi connectivity index (χ3n) is 3.79. The molecule has 0 spiro atoms. The lowest BCUT2D eigenvalue weighted by atomic mass is 9.99. The maximum Gasteiger partial charge on any atom is 0.00992 e. The molecule has 1 rings (SSSR count). The van der Waals surface area contributed by atoms with Crippen LogP contribution >= 0.6 is 0 Å². The molecule has 1 aliphatic rings. The quantitative estimate of drug-likeness (QED) is 0.608. The van der Waals surface area contributed by atoms with E-state index in [1.165, 1.54) is 51.5 Å². The van der Waals surface area contributed by atoms with Crippen LogP contribution in [0, 0.1) is 11.8 Å². The highest BCUT2D eigenvalue weighted by molar-refractivity contribution is 4.92. The van der Waals surface area contributed by atoms with Crippen molar-refractivity contribution in [1.29, 1.82) is 0 Å². The van der Waals surface area contributed by atoms with Gasteiger partial charge in [-0.25, -0.2) is 0 Å². The summed E-state index contributed by atoms with van der Waals surface area (Å²) in [6, 6.07) is 0.876. The van der Waals surface area contributed by atoms with Crippen LogP contribution in [0.3, 0.4) is 0 Å². The lowest BCUT2D eigenvalue weighted by molar-refractivity contribution is 0.412. The monoisotopic (exact) mass is 211 g/mol. The molecule has 1 heteroatoms. The summed E-state index contributed by atoms with van der Waals surface area (Å²) in [5.74, 6) is 1.94. The number of nitrogens with one attached hydrogen (secondary N) is 1. The van der Waals surface area contributed by atoms with Crippen molar-refractivity contribution in [3.63, 3.8) is 0 Å². The number of unbranched alkanes of at least 4 members (excludes halogenated alkanes) is 1. The average Bonchev–Trinajstić information content (AvgIpc) is 2.98. The van der Waals surface area contributed by atoms with Gasteiger partial charge < -0.3 is 5.32 Å². The molecule has 1 nitrogen and oxygen atoms in total. The predicted molar refractivity (Wildman–Crippen MR) is 68.1 cm³/mol. The van der Waals surface area contributed by atoms with Crippen LogP contribution in [-0.2, 0) is 0 Å². The van der Waals surface area contributed by atoms with E-state index in [4.69, 9.17) is 0 Å². The van der Waals surface area contributed by atoms with Crippen molar-refractivity contribution in [2.45, 2.75) is 71.8 Å². The summed E-state index contributed by atoms with van der Waals surface area (Å²) in [6.07, 6.45) is 9.75. The Morgan fingerprint density at radius 3 is 2.60 bits per heavy atom. The lowest BCUT2D eigenvalue weighted by Gasteiger charge is -2.15. The smallest absolute Gasteiger partial charge is 0.00992 e. The molecule has 0 saturated heterocycles. The zero-order valence-corrected chi connectivity index (χ0v) is 10.9. The summed E-state index contributed by atoms with van der Waals surface area (Å²) in [5.41, 5.74) is 0. The van der Waals surface area contributed by atoms with E-state index in [9.17, 15) is 0 Å². The van der Waals surface area contributed by atoms with E-state index in [1.807, 2.05) is 0 Å². The molecule has 0 aromatic carbocycles. The Balaban J connectivity index is 2.02. The van der Waals surface area contributed by atoms with Crippen molar-refractivity contribution in [1.82, 2.24) is 5.32 Å². The minimum atomic E-state index is 0.876. The molecule has 1 N–H and O–H groups in total. The van der Waals surface area contributed by atoms with Gasteiger partial charge in [-0.2, -0.15) is 0 Å². The number of rotatable bonds is 9. The molecule has 1 aliphatic carbocycles. The SMILES string of the molecule is CCCCC(CC)CNC1CC1CCC. The molecule has 0 aromatic heterocycles. The van der Waals surface area contributed by atoms with E-state index in [-0.39, 0.29) is 0 Å². The van der Waals surface area contributed by atoms with Gasteiger partial charge in [0.25, 0.3) is 0 Å². The molecular formula is C14H29N. The van der Waals surface area contributed by atoms with E-state index in [0.717, 1.165) is 17.9 Å². The van der Waals surface area contributed by atoms with Gasteiger partial charge in [0.2, 0.25) is 0 Å². The van der Waals surface area contributed by atoms with Gasteiger partial charge in [-0.15, -0.1) is 0 Å². The topological polar surface area (TPSA) is 12.0 Å². The Hall–Kier alpha value is -0.0400. The van der Waals surface area contributed by atoms with Crippen LogP contribution in [0.25, 0.3) is 0 Å². The Kier molecular flexibility index (Phi) is 6.31. The zero-order valence-electron chi connectivity index (χ0n) is 10.9. The minimum absolute atomic E-state index is 0.876. The van der Waals surface area contributed by atoms with E-state index in [1.54, 1.807) is 0 Å². The van der Waals surface area contributed by atoms with E-state index < -0.39 is 0 Å². The molecule has 0 amide bonds.